The molecule has 1 amide bonds. The number of carbonyl (C=O) groups excluding carboxylic acids is 2. The van der Waals surface area contributed by atoms with Crippen LogP contribution in [0.2, 0.25) is 0 Å². The Bertz CT molecular complexity index is 405. The van der Waals surface area contributed by atoms with Crippen molar-refractivity contribution in [3.05, 3.63) is 48.6 Å². The van der Waals surface area contributed by atoms with Crippen LogP contribution in [0.25, 0.3) is 0 Å². The minimum absolute atomic E-state index is 0.350. The Balaban J connectivity index is 2.71. The quantitative estimate of drug-likeness (QED) is 0.419. The van der Waals surface area contributed by atoms with Crippen LogP contribution in [-0.2, 0) is 9.53 Å². The van der Waals surface area contributed by atoms with E-state index in [1.807, 2.05) is 0 Å². The Labute approximate surface area is 105 Å². The zero-order chi connectivity index (χ0) is 13.4. The lowest BCUT2D eigenvalue weighted by Crippen LogP contribution is -2.43. The number of hydrogen-bond acceptors (Lipinski definition) is 4. The molecule has 18 heavy (non-hydrogen) atoms. The first kappa shape index (κ1) is 13.9. The second-order valence-corrected chi connectivity index (χ2v) is 3.55. The smallest absolute Gasteiger partial charge is 0.338 e. The fourth-order valence-corrected chi connectivity index (χ4v) is 1.40. The summed E-state index contributed by atoms with van der Waals surface area (Å²) in [5.74, 6) is -0.536. The van der Waals surface area contributed by atoms with Gasteiger partial charge in [0.2, 0.25) is 6.41 Å². The Morgan fingerprint density at radius 2 is 2.11 bits per heavy atom. The maximum Gasteiger partial charge on any atom is 0.338 e. The first-order valence-corrected chi connectivity index (χ1v) is 5.42. The lowest BCUT2D eigenvalue weighted by molar-refractivity contribution is -0.111. The van der Waals surface area contributed by atoms with Gasteiger partial charge in [-0.05, 0) is 18.2 Å². The summed E-state index contributed by atoms with van der Waals surface area (Å²) >= 11 is 0. The molecule has 0 spiro atoms. The van der Waals surface area contributed by atoms with E-state index in [0.29, 0.717) is 12.0 Å². The van der Waals surface area contributed by atoms with Crippen molar-refractivity contribution in [3.8, 4) is 0 Å². The zero-order valence-corrected chi connectivity index (χ0v) is 9.78. The summed E-state index contributed by atoms with van der Waals surface area (Å²) in [6.07, 6.45) is 1.01. The number of hydrogen-bond donors (Lipinski definition) is 2. The highest BCUT2D eigenvalue weighted by Crippen LogP contribution is 2.07. The number of aliphatic hydroxyl groups excluding tert-OH is 1. The zero-order valence-electron chi connectivity index (χ0n) is 9.78. The fraction of sp³-hybridized carbons (Fsp3) is 0.231. The first-order valence-electron chi connectivity index (χ1n) is 5.42. The molecule has 0 aliphatic rings. The molecule has 0 heterocycles. The summed E-state index contributed by atoms with van der Waals surface area (Å²) in [4.78, 5) is 22.1. The van der Waals surface area contributed by atoms with Gasteiger partial charge in [0.05, 0.1) is 18.2 Å². The van der Waals surface area contributed by atoms with Crippen LogP contribution >= 0.6 is 0 Å². The number of ether oxygens (including phenoxy) is 1. The lowest BCUT2D eigenvalue weighted by atomic mass is 10.1. The van der Waals surface area contributed by atoms with E-state index >= 15 is 0 Å². The van der Waals surface area contributed by atoms with E-state index in [1.54, 1.807) is 30.3 Å². The van der Waals surface area contributed by atoms with Crippen molar-refractivity contribution in [2.24, 2.45) is 0 Å². The number of benzene rings is 1. The van der Waals surface area contributed by atoms with E-state index in [1.165, 1.54) is 6.08 Å². The SMILES string of the molecule is C=C[C@@H](OC(=O)c1ccccc1)[C@H](CO)NC=O. The number of nitrogens with one attached hydrogen (secondary N) is 1. The number of esters is 1. The van der Waals surface area contributed by atoms with Crippen LogP contribution in [0.5, 0.6) is 0 Å². The molecule has 5 heteroatoms. The third kappa shape index (κ3) is 3.71. The molecule has 0 fully saturated rings. The minimum Gasteiger partial charge on any atom is -0.452 e. The summed E-state index contributed by atoms with van der Waals surface area (Å²) in [6, 6.07) is 7.74. The number of amides is 1. The van der Waals surface area contributed by atoms with Gasteiger partial charge in [-0.3, -0.25) is 4.79 Å². The number of carbonyl (C=O) groups is 2. The van der Waals surface area contributed by atoms with Crippen LogP contribution in [0.15, 0.2) is 43.0 Å². The first-order chi connectivity index (χ1) is 8.72. The largest absolute Gasteiger partial charge is 0.452 e. The molecule has 0 radical (unpaired) electrons. The van der Waals surface area contributed by atoms with Crippen molar-refractivity contribution < 1.29 is 19.4 Å². The molecule has 2 atom stereocenters. The Morgan fingerprint density at radius 3 is 2.61 bits per heavy atom. The molecule has 1 aromatic rings. The lowest BCUT2D eigenvalue weighted by Gasteiger charge is -2.22. The van der Waals surface area contributed by atoms with Crippen molar-refractivity contribution in [1.82, 2.24) is 5.32 Å². The molecular formula is C13H15NO4. The molecule has 96 valence electrons. The molecule has 1 rings (SSSR count). The summed E-state index contributed by atoms with van der Waals surface area (Å²) in [5, 5.41) is 11.4. The van der Waals surface area contributed by atoms with Gasteiger partial charge in [-0.1, -0.05) is 24.8 Å². The van der Waals surface area contributed by atoms with Crippen LogP contribution in [0.1, 0.15) is 10.4 Å². The monoisotopic (exact) mass is 249 g/mol. The maximum absolute atomic E-state index is 11.8. The average Bonchev–Trinajstić information content (AvgIpc) is 2.43. The number of rotatable bonds is 7. The summed E-state index contributed by atoms with van der Waals surface area (Å²) in [6.45, 7) is 3.16. The highest BCUT2D eigenvalue weighted by atomic mass is 16.5. The Kier molecular flexibility index (Phi) is 5.60. The van der Waals surface area contributed by atoms with Gasteiger partial charge in [0.25, 0.3) is 0 Å². The van der Waals surface area contributed by atoms with Gasteiger partial charge < -0.3 is 15.2 Å². The van der Waals surface area contributed by atoms with Gasteiger partial charge >= 0.3 is 5.97 Å². The van der Waals surface area contributed by atoms with Crippen molar-refractivity contribution in [3.63, 3.8) is 0 Å². The molecule has 0 aliphatic carbocycles. The molecule has 0 bridgehead atoms. The molecule has 0 aromatic heterocycles. The summed E-state index contributed by atoms with van der Waals surface area (Å²) < 4.78 is 5.15. The predicted octanol–water partition coefficient (Wildman–Crippen LogP) is 0.505. The average molecular weight is 249 g/mol. The second kappa shape index (κ2) is 7.24. The van der Waals surface area contributed by atoms with Gasteiger partial charge in [0.1, 0.15) is 6.10 Å². The molecule has 0 unspecified atom stereocenters. The predicted molar refractivity (Wildman–Crippen MR) is 65.9 cm³/mol. The van der Waals surface area contributed by atoms with E-state index in [2.05, 4.69) is 11.9 Å². The third-order valence-corrected chi connectivity index (χ3v) is 2.36. The molecule has 1 aromatic carbocycles. The van der Waals surface area contributed by atoms with Crippen LogP contribution < -0.4 is 5.32 Å². The van der Waals surface area contributed by atoms with Gasteiger partial charge in [0.15, 0.2) is 0 Å². The van der Waals surface area contributed by atoms with E-state index in [-0.39, 0.29) is 6.61 Å². The van der Waals surface area contributed by atoms with E-state index in [4.69, 9.17) is 9.84 Å². The van der Waals surface area contributed by atoms with Gasteiger partial charge in [0, 0.05) is 0 Å². The Hall–Kier alpha value is -2.14. The molecule has 5 nitrogen and oxygen atoms in total. The highest BCUT2D eigenvalue weighted by Gasteiger charge is 2.21. The molecule has 0 saturated carbocycles. The Morgan fingerprint density at radius 1 is 1.44 bits per heavy atom. The molecule has 0 saturated heterocycles. The summed E-state index contributed by atoms with van der Waals surface area (Å²) in [7, 11) is 0. The van der Waals surface area contributed by atoms with Crippen molar-refractivity contribution in [2.45, 2.75) is 12.1 Å². The van der Waals surface area contributed by atoms with Crippen LogP contribution in [0.4, 0.5) is 0 Å². The fourth-order valence-electron chi connectivity index (χ4n) is 1.40. The highest BCUT2D eigenvalue weighted by molar-refractivity contribution is 5.89. The second-order valence-electron chi connectivity index (χ2n) is 3.55. The van der Waals surface area contributed by atoms with E-state index in [9.17, 15) is 9.59 Å². The van der Waals surface area contributed by atoms with Gasteiger partial charge in [-0.15, -0.1) is 0 Å². The van der Waals surface area contributed by atoms with Gasteiger partial charge in [-0.2, -0.15) is 0 Å². The van der Waals surface area contributed by atoms with Crippen LogP contribution in [-0.4, -0.2) is 36.2 Å². The van der Waals surface area contributed by atoms with Crippen molar-refractivity contribution in [2.75, 3.05) is 6.61 Å². The van der Waals surface area contributed by atoms with Gasteiger partial charge in [-0.25, -0.2) is 4.79 Å². The van der Waals surface area contributed by atoms with E-state index in [0.717, 1.165) is 0 Å². The van der Waals surface area contributed by atoms with E-state index < -0.39 is 18.1 Å². The molecule has 0 aliphatic heterocycles. The molecule has 2 N–H and O–H groups in total. The summed E-state index contributed by atoms with van der Waals surface area (Å²) in [5.41, 5.74) is 0.396. The van der Waals surface area contributed by atoms with Crippen molar-refractivity contribution >= 4 is 12.4 Å². The number of aliphatic hydroxyl groups is 1. The standard InChI is InChI=1S/C13H15NO4/c1-2-12(11(8-15)14-9-16)18-13(17)10-6-4-3-5-7-10/h2-7,9,11-12,15H,1,8H2,(H,14,16)/t11-,12+/m0/s1. The molecular weight excluding hydrogens is 234 g/mol. The maximum atomic E-state index is 11.8. The third-order valence-electron chi connectivity index (χ3n) is 2.36. The van der Waals surface area contributed by atoms with Crippen molar-refractivity contribution in [1.29, 1.82) is 0 Å². The van der Waals surface area contributed by atoms with Crippen LogP contribution in [0.3, 0.4) is 0 Å². The topological polar surface area (TPSA) is 75.6 Å². The normalized spacial score (nSPS) is 13.2. The minimum atomic E-state index is -0.784. The van der Waals surface area contributed by atoms with Crippen LogP contribution in [0, 0.1) is 0 Å².